The number of aryl methyl sites for hydroxylation is 1. The van der Waals surface area contributed by atoms with Crippen LogP contribution in [0.25, 0.3) is 0 Å². The molecular weight excluding hydrogens is 424 g/mol. The summed E-state index contributed by atoms with van der Waals surface area (Å²) in [5.74, 6) is -1.18. The van der Waals surface area contributed by atoms with E-state index in [0.29, 0.717) is 4.88 Å². The number of para-hydroxylation sites is 1. The molecule has 0 bridgehead atoms. The zero-order chi connectivity index (χ0) is 21.7. The Balaban J connectivity index is 1.68. The van der Waals surface area contributed by atoms with Crippen molar-refractivity contribution in [2.24, 2.45) is 0 Å². The van der Waals surface area contributed by atoms with Crippen LogP contribution in [0.1, 0.15) is 46.7 Å². The van der Waals surface area contributed by atoms with Gasteiger partial charge in [0.05, 0.1) is 5.69 Å². The molecule has 7 nitrogen and oxygen atoms in total. The number of rotatable bonds is 7. The lowest BCUT2D eigenvalue weighted by Crippen LogP contribution is -2.38. The first kappa shape index (κ1) is 22.5. The summed E-state index contributed by atoms with van der Waals surface area (Å²) in [5, 5.41) is 2.57. The van der Waals surface area contributed by atoms with Gasteiger partial charge in [0, 0.05) is 18.0 Å². The van der Waals surface area contributed by atoms with Gasteiger partial charge in [-0.3, -0.25) is 4.79 Å². The van der Waals surface area contributed by atoms with Crippen molar-refractivity contribution in [2.45, 2.75) is 50.0 Å². The minimum Gasteiger partial charge on any atom is -0.451 e. The number of anilines is 1. The molecule has 1 saturated carbocycles. The number of thiophene rings is 1. The van der Waals surface area contributed by atoms with E-state index in [1.807, 2.05) is 6.92 Å². The smallest absolute Gasteiger partial charge is 0.348 e. The van der Waals surface area contributed by atoms with Crippen molar-refractivity contribution < 1.29 is 22.7 Å². The van der Waals surface area contributed by atoms with Crippen molar-refractivity contribution in [3.8, 4) is 0 Å². The molecule has 1 N–H and O–H groups in total. The quantitative estimate of drug-likeness (QED) is 0.648. The Morgan fingerprint density at radius 2 is 1.83 bits per heavy atom. The van der Waals surface area contributed by atoms with Gasteiger partial charge in [-0.2, -0.15) is 4.31 Å². The Morgan fingerprint density at radius 1 is 1.13 bits per heavy atom. The molecule has 1 heterocycles. The largest absolute Gasteiger partial charge is 0.451 e. The number of esters is 1. The zero-order valence-electron chi connectivity index (χ0n) is 17.1. The first-order valence-corrected chi connectivity index (χ1v) is 12.1. The van der Waals surface area contributed by atoms with Gasteiger partial charge in [-0.05, 0) is 44.0 Å². The van der Waals surface area contributed by atoms with Crippen LogP contribution in [0.15, 0.2) is 41.3 Å². The Morgan fingerprint density at radius 3 is 2.50 bits per heavy atom. The van der Waals surface area contributed by atoms with E-state index in [1.165, 1.54) is 27.8 Å². The highest BCUT2D eigenvalue weighted by Gasteiger charge is 2.31. The molecule has 0 aliphatic heterocycles. The molecule has 1 aromatic carbocycles. The standard InChI is InChI=1S/C21H26N2O5S2/c1-15-12-13-18(29-15)21(25)28-14-20(24)22-17-10-6-7-11-19(17)30(26,27)23(2)16-8-4-3-5-9-16/h6-7,10-13,16H,3-5,8-9,14H2,1-2H3,(H,22,24). The predicted molar refractivity (Wildman–Crippen MR) is 116 cm³/mol. The molecule has 1 aliphatic rings. The average molecular weight is 451 g/mol. The lowest BCUT2D eigenvalue weighted by molar-refractivity contribution is -0.119. The Labute approximate surface area is 181 Å². The molecule has 0 spiro atoms. The molecule has 3 rings (SSSR count). The number of nitrogens with zero attached hydrogens (tertiary/aromatic N) is 1. The van der Waals surface area contributed by atoms with Crippen LogP contribution >= 0.6 is 11.3 Å². The van der Waals surface area contributed by atoms with Gasteiger partial charge >= 0.3 is 5.97 Å². The molecule has 1 amide bonds. The second kappa shape index (κ2) is 9.72. The molecule has 1 fully saturated rings. The Kier molecular flexibility index (Phi) is 7.27. The predicted octanol–water partition coefficient (Wildman–Crippen LogP) is 3.81. The number of carbonyl (C=O) groups is 2. The third-order valence-corrected chi connectivity index (χ3v) is 8.13. The van der Waals surface area contributed by atoms with E-state index in [4.69, 9.17) is 4.74 Å². The maximum absolute atomic E-state index is 13.2. The number of amides is 1. The molecular formula is C21H26N2O5S2. The van der Waals surface area contributed by atoms with Crippen LogP contribution in [0.3, 0.4) is 0 Å². The van der Waals surface area contributed by atoms with Crippen molar-refractivity contribution in [3.05, 3.63) is 46.2 Å². The van der Waals surface area contributed by atoms with Gasteiger partial charge in [0.15, 0.2) is 6.61 Å². The fourth-order valence-corrected chi connectivity index (χ4v) is 5.85. The molecule has 1 aliphatic carbocycles. The van der Waals surface area contributed by atoms with Crippen LogP contribution in [0.2, 0.25) is 0 Å². The molecule has 0 radical (unpaired) electrons. The molecule has 0 unspecified atom stereocenters. The molecule has 0 saturated heterocycles. The lowest BCUT2D eigenvalue weighted by Gasteiger charge is -2.30. The van der Waals surface area contributed by atoms with Gasteiger partial charge in [-0.1, -0.05) is 31.4 Å². The van der Waals surface area contributed by atoms with Crippen LogP contribution < -0.4 is 5.32 Å². The summed E-state index contributed by atoms with van der Waals surface area (Å²) in [7, 11) is -2.18. The monoisotopic (exact) mass is 450 g/mol. The number of hydrogen-bond donors (Lipinski definition) is 1. The van der Waals surface area contributed by atoms with Crippen LogP contribution in [0.4, 0.5) is 5.69 Å². The average Bonchev–Trinajstić information content (AvgIpc) is 3.19. The summed E-state index contributed by atoms with van der Waals surface area (Å²) >= 11 is 1.28. The first-order valence-electron chi connectivity index (χ1n) is 9.89. The molecule has 9 heteroatoms. The second-order valence-electron chi connectivity index (χ2n) is 7.34. The van der Waals surface area contributed by atoms with E-state index in [-0.39, 0.29) is 16.6 Å². The van der Waals surface area contributed by atoms with Crippen molar-refractivity contribution in [1.82, 2.24) is 4.31 Å². The summed E-state index contributed by atoms with van der Waals surface area (Å²) in [4.78, 5) is 25.7. The second-order valence-corrected chi connectivity index (χ2v) is 10.6. The Bertz CT molecular complexity index is 1010. The summed E-state index contributed by atoms with van der Waals surface area (Å²) in [5.41, 5.74) is 0.174. The summed E-state index contributed by atoms with van der Waals surface area (Å²) in [6, 6.07) is 9.68. The van der Waals surface area contributed by atoms with Crippen molar-refractivity contribution >= 4 is 38.9 Å². The molecule has 162 valence electrons. The number of sulfonamides is 1. The van der Waals surface area contributed by atoms with Gasteiger partial charge in [0.1, 0.15) is 9.77 Å². The van der Waals surface area contributed by atoms with E-state index < -0.39 is 28.5 Å². The highest BCUT2D eigenvalue weighted by atomic mass is 32.2. The van der Waals surface area contributed by atoms with Crippen LogP contribution in [0, 0.1) is 6.92 Å². The maximum Gasteiger partial charge on any atom is 0.348 e. The zero-order valence-corrected chi connectivity index (χ0v) is 18.7. The fourth-order valence-electron chi connectivity index (χ4n) is 3.52. The number of benzene rings is 1. The SMILES string of the molecule is Cc1ccc(C(=O)OCC(=O)Nc2ccccc2S(=O)(=O)N(C)C2CCCCC2)s1. The number of nitrogens with one attached hydrogen (secondary N) is 1. The van der Waals surface area contributed by atoms with E-state index in [2.05, 4.69) is 5.32 Å². The highest BCUT2D eigenvalue weighted by molar-refractivity contribution is 7.89. The summed E-state index contributed by atoms with van der Waals surface area (Å²) in [6.07, 6.45) is 4.82. The normalized spacial score (nSPS) is 15.2. The van der Waals surface area contributed by atoms with Gasteiger partial charge in [0.2, 0.25) is 10.0 Å². The molecule has 30 heavy (non-hydrogen) atoms. The molecule has 1 aromatic heterocycles. The van der Waals surface area contributed by atoms with Gasteiger partial charge in [0.25, 0.3) is 5.91 Å². The third kappa shape index (κ3) is 5.27. The van der Waals surface area contributed by atoms with Crippen LogP contribution in [-0.2, 0) is 19.6 Å². The van der Waals surface area contributed by atoms with Gasteiger partial charge < -0.3 is 10.1 Å². The van der Waals surface area contributed by atoms with E-state index in [0.717, 1.165) is 37.0 Å². The number of carbonyl (C=O) groups excluding carboxylic acids is 2. The number of hydrogen-bond acceptors (Lipinski definition) is 6. The fraction of sp³-hybridized carbons (Fsp3) is 0.429. The maximum atomic E-state index is 13.2. The van der Waals surface area contributed by atoms with Crippen molar-refractivity contribution in [3.63, 3.8) is 0 Å². The van der Waals surface area contributed by atoms with Crippen LogP contribution in [0.5, 0.6) is 0 Å². The Hall–Kier alpha value is -2.23. The van der Waals surface area contributed by atoms with E-state index >= 15 is 0 Å². The first-order chi connectivity index (χ1) is 14.3. The minimum atomic E-state index is -3.77. The minimum absolute atomic E-state index is 0.0339. The van der Waals surface area contributed by atoms with E-state index in [9.17, 15) is 18.0 Å². The number of ether oxygens (including phenoxy) is 1. The third-order valence-electron chi connectivity index (χ3n) is 5.18. The van der Waals surface area contributed by atoms with Gasteiger partial charge in [-0.15, -0.1) is 11.3 Å². The topological polar surface area (TPSA) is 92.8 Å². The van der Waals surface area contributed by atoms with Crippen molar-refractivity contribution in [1.29, 1.82) is 0 Å². The highest BCUT2D eigenvalue weighted by Crippen LogP contribution is 2.29. The van der Waals surface area contributed by atoms with Crippen LogP contribution in [-0.4, -0.2) is 44.3 Å². The van der Waals surface area contributed by atoms with E-state index in [1.54, 1.807) is 31.3 Å². The summed E-state index contributed by atoms with van der Waals surface area (Å²) in [6.45, 7) is 1.37. The van der Waals surface area contributed by atoms with Gasteiger partial charge in [-0.25, -0.2) is 13.2 Å². The molecule has 0 atom stereocenters. The summed E-state index contributed by atoms with van der Waals surface area (Å²) < 4.78 is 32.8. The van der Waals surface area contributed by atoms with Crippen molar-refractivity contribution in [2.75, 3.05) is 19.0 Å². The lowest BCUT2D eigenvalue weighted by atomic mass is 9.96. The molecule has 2 aromatic rings.